The quantitative estimate of drug-likeness (QED) is 0.874. The Hall–Kier alpha value is -2.29. The Kier molecular flexibility index (Phi) is 4.77. The van der Waals surface area contributed by atoms with Crippen LogP contribution in [0.2, 0.25) is 0 Å². The maximum atomic E-state index is 10.4. The monoisotopic (exact) mass is 270 g/mol. The highest BCUT2D eigenvalue weighted by molar-refractivity contribution is 5.68. The molecule has 1 unspecified atom stereocenters. The predicted octanol–water partition coefficient (Wildman–Crippen LogP) is 3.50. The van der Waals surface area contributed by atoms with Gasteiger partial charge in [0.2, 0.25) is 0 Å². The lowest BCUT2D eigenvalue weighted by Crippen LogP contribution is -2.09. The summed E-state index contributed by atoms with van der Waals surface area (Å²) >= 11 is 0. The van der Waals surface area contributed by atoms with Gasteiger partial charge in [0.05, 0.1) is 0 Å². The van der Waals surface area contributed by atoms with E-state index in [0.29, 0.717) is 11.7 Å². The molecule has 0 aliphatic heterocycles. The third-order valence-corrected chi connectivity index (χ3v) is 3.20. The van der Waals surface area contributed by atoms with E-state index in [1.165, 1.54) is 11.1 Å². The zero-order chi connectivity index (χ0) is 14.4. The first-order valence-electron chi connectivity index (χ1n) is 6.63. The van der Waals surface area contributed by atoms with Crippen LogP contribution in [-0.4, -0.2) is 17.7 Å². The first-order chi connectivity index (χ1) is 9.65. The minimum atomic E-state index is -0.966. The molecule has 3 heteroatoms. The van der Waals surface area contributed by atoms with Crippen molar-refractivity contribution in [2.75, 3.05) is 6.61 Å². The molecule has 0 bridgehead atoms. The van der Waals surface area contributed by atoms with Crippen LogP contribution in [0.1, 0.15) is 24.0 Å². The molecule has 0 aliphatic rings. The fourth-order valence-electron chi connectivity index (χ4n) is 2.12. The van der Waals surface area contributed by atoms with Crippen LogP contribution in [0, 0.1) is 0 Å². The number of hydrogen-bond acceptors (Lipinski definition) is 2. The van der Waals surface area contributed by atoms with Crippen molar-refractivity contribution in [2.24, 2.45) is 0 Å². The van der Waals surface area contributed by atoms with Crippen LogP contribution in [0.4, 0.5) is 0 Å². The molecule has 20 heavy (non-hydrogen) atoms. The number of carboxylic acid groups (broad SMARTS) is 1. The van der Waals surface area contributed by atoms with Gasteiger partial charge in [-0.2, -0.15) is 0 Å². The van der Waals surface area contributed by atoms with Crippen molar-refractivity contribution in [3.8, 4) is 5.75 Å². The van der Waals surface area contributed by atoms with Gasteiger partial charge in [-0.05, 0) is 35.6 Å². The van der Waals surface area contributed by atoms with Crippen molar-refractivity contribution in [3.63, 3.8) is 0 Å². The molecule has 0 saturated heterocycles. The van der Waals surface area contributed by atoms with Crippen molar-refractivity contribution in [2.45, 2.75) is 19.3 Å². The molecular weight excluding hydrogens is 252 g/mol. The number of hydrogen-bond donors (Lipinski definition) is 1. The van der Waals surface area contributed by atoms with E-state index in [-0.39, 0.29) is 6.61 Å². The van der Waals surface area contributed by atoms with Crippen LogP contribution in [0.25, 0.3) is 0 Å². The first kappa shape index (κ1) is 14.1. The van der Waals surface area contributed by atoms with Gasteiger partial charge in [-0.15, -0.1) is 0 Å². The van der Waals surface area contributed by atoms with Crippen molar-refractivity contribution >= 4 is 5.97 Å². The summed E-state index contributed by atoms with van der Waals surface area (Å²) in [5, 5.41) is 8.56. The molecule has 2 aromatic rings. The molecular formula is C17H18O3. The highest BCUT2D eigenvalue weighted by Gasteiger charge is 2.07. The van der Waals surface area contributed by atoms with E-state index in [1.807, 2.05) is 42.5 Å². The summed E-state index contributed by atoms with van der Waals surface area (Å²) in [6, 6.07) is 18.0. The molecule has 2 aromatic carbocycles. The molecule has 0 radical (unpaired) electrons. The van der Waals surface area contributed by atoms with Crippen LogP contribution < -0.4 is 4.74 Å². The van der Waals surface area contributed by atoms with Crippen molar-refractivity contribution in [1.29, 1.82) is 0 Å². The van der Waals surface area contributed by atoms with E-state index in [4.69, 9.17) is 9.84 Å². The highest BCUT2D eigenvalue weighted by atomic mass is 16.5. The number of carbonyl (C=O) groups is 1. The molecule has 0 heterocycles. The van der Waals surface area contributed by atoms with Gasteiger partial charge in [0.1, 0.15) is 5.75 Å². The molecule has 0 saturated carbocycles. The molecule has 0 aliphatic carbocycles. The number of rotatable bonds is 6. The minimum Gasteiger partial charge on any atom is -0.482 e. The van der Waals surface area contributed by atoms with Gasteiger partial charge >= 0.3 is 5.97 Å². The second kappa shape index (κ2) is 6.75. The van der Waals surface area contributed by atoms with Crippen LogP contribution in [0.15, 0.2) is 54.6 Å². The SMILES string of the molecule is CC(Cc1ccccc1)c1ccc(OCC(=O)O)cc1. The molecule has 0 spiro atoms. The zero-order valence-electron chi connectivity index (χ0n) is 11.5. The number of benzene rings is 2. The standard InChI is InChI=1S/C17H18O3/c1-13(11-14-5-3-2-4-6-14)15-7-9-16(10-8-15)20-12-17(18)19/h2-10,13H,11-12H2,1H3,(H,18,19). The second-order valence-corrected chi connectivity index (χ2v) is 4.84. The Labute approximate surface area is 118 Å². The van der Waals surface area contributed by atoms with Gasteiger partial charge in [0.15, 0.2) is 6.61 Å². The molecule has 0 aromatic heterocycles. The van der Waals surface area contributed by atoms with Gasteiger partial charge in [0, 0.05) is 0 Å². The Morgan fingerprint density at radius 2 is 1.75 bits per heavy atom. The molecule has 3 nitrogen and oxygen atoms in total. The Bertz CT molecular complexity index is 546. The summed E-state index contributed by atoms with van der Waals surface area (Å²) in [5.74, 6) is 0.0282. The largest absolute Gasteiger partial charge is 0.482 e. The maximum Gasteiger partial charge on any atom is 0.341 e. The summed E-state index contributed by atoms with van der Waals surface area (Å²) < 4.78 is 5.12. The summed E-state index contributed by atoms with van der Waals surface area (Å²) in [5.41, 5.74) is 2.53. The fourth-order valence-corrected chi connectivity index (χ4v) is 2.12. The zero-order valence-corrected chi connectivity index (χ0v) is 11.5. The third kappa shape index (κ3) is 4.12. The number of aliphatic carboxylic acids is 1. The smallest absolute Gasteiger partial charge is 0.341 e. The van der Waals surface area contributed by atoms with Gasteiger partial charge in [-0.1, -0.05) is 49.4 Å². The predicted molar refractivity (Wildman–Crippen MR) is 78.1 cm³/mol. The second-order valence-electron chi connectivity index (χ2n) is 4.84. The lowest BCUT2D eigenvalue weighted by molar-refractivity contribution is -0.139. The van der Waals surface area contributed by atoms with E-state index in [1.54, 1.807) is 0 Å². The van der Waals surface area contributed by atoms with Crippen LogP contribution >= 0.6 is 0 Å². The molecule has 1 N–H and O–H groups in total. The van der Waals surface area contributed by atoms with Gasteiger partial charge in [0.25, 0.3) is 0 Å². The van der Waals surface area contributed by atoms with Crippen LogP contribution in [0.3, 0.4) is 0 Å². The third-order valence-electron chi connectivity index (χ3n) is 3.20. The van der Waals surface area contributed by atoms with Crippen molar-refractivity contribution in [3.05, 3.63) is 65.7 Å². The normalized spacial score (nSPS) is 11.8. The highest BCUT2D eigenvalue weighted by Crippen LogP contribution is 2.22. The van der Waals surface area contributed by atoms with Gasteiger partial charge in [-0.25, -0.2) is 4.79 Å². The molecule has 104 valence electrons. The average molecular weight is 270 g/mol. The molecule has 2 rings (SSSR count). The molecule has 1 atom stereocenters. The first-order valence-corrected chi connectivity index (χ1v) is 6.63. The van der Waals surface area contributed by atoms with Crippen molar-refractivity contribution in [1.82, 2.24) is 0 Å². The molecule has 0 amide bonds. The lowest BCUT2D eigenvalue weighted by Gasteiger charge is -2.13. The minimum absolute atomic E-state index is 0.307. The Morgan fingerprint density at radius 1 is 1.10 bits per heavy atom. The summed E-state index contributed by atoms with van der Waals surface area (Å²) in [6.45, 7) is 1.87. The van der Waals surface area contributed by atoms with Crippen LogP contribution in [-0.2, 0) is 11.2 Å². The topological polar surface area (TPSA) is 46.5 Å². The van der Waals surface area contributed by atoms with E-state index < -0.39 is 5.97 Å². The summed E-state index contributed by atoms with van der Waals surface area (Å²) in [6.07, 6.45) is 0.982. The molecule has 0 fully saturated rings. The number of carboxylic acids is 1. The summed E-state index contributed by atoms with van der Waals surface area (Å²) in [4.78, 5) is 10.4. The van der Waals surface area contributed by atoms with E-state index in [2.05, 4.69) is 19.1 Å². The van der Waals surface area contributed by atoms with E-state index in [9.17, 15) is 4.79 Å². The van der Waals surface area contributed by atoms with Gasteiger partial charge in [-0.3, -0.25) is 0 Å². The average Bonchev–Trinajstić information content (AvgIpc) is 2.46. The number of ether oxygens (including phenoxy) is 1. The van der Waals surface area contributed by atoms with Crippen molar-refractivity contribution < 1.29 is 14.6 Å². The van der Waals surface area contributed by atoms with E-state index in [0.717, 1.165) is 6.42 Å². The summed E-state index contributed by atoms with van der Waals surface area (Å²) in [7, 11) is 0. The van der Waals surface area contributed by atoms with Gasteiger partial charge < -0.3 is 9.84 Å². The van der Waals surface area contributed by atoms with Crippen LogP contribution in [0.5, 0.6) is 5.75 Å². The fraction of sp³-hybridized carbons (Fsp3) is 0.235. The Morgan fingerprint density at radius 3 is 2.35 bits per heavy atom. The van der Waals surface area contributed by atoms with E-state index >= 15 is 0 Å². The Balaban J connectivity index is 1.97. The lowest BCUT2D eigenvalue weighted by atomic mass is 9.94. The maximum absolute atomic E-state index is 10.4.